The smallest absolute Gasteiger partial charge is 0.235 e. The number of thiophene rings is 2. The fourth-order valence-corrected chi connectivity index (χ4v) is 7.77. The molecule has 0 bridgehead atoms. The molecule has 0 atom stereocenters. The first-order valence-electron chi connectivity index (χ1n) is 9.90. The number of nitrogens with one attached hydrogen (secondary N) is 1. The Labute approximate surface area is 181 Å². The summed E-state index contributed by atoms with van der Waals surface area (Å²) in [5, 5.41) is 15.3. The number of hydrogen-bond donors (Lipinski definition) is 1. The monoisotopic (exact) mass is 440 g/mol. The Morgan fingerprint density at radius 2 is 1.86 bits per heavy atom. The summed E-state index contributed by atoms with van der Waals surface area (Å²) in [6, 6.07) is 2.31. The lowest BCUT2D eigenvalue weighted by molar-refractivity contribution is -0.113. The molecule has 2 aliphatic rings. The first-order chi connectivity index (χ1) is 14.1. The van der Waals surface area contributed by atoms with Gasteiger partial charge in [0, 0.05) is 15.1 Å². The molecule has 5 rings (SSSR count). The van der Waals surface area contributed by atoms with Gasteiger partial charge in [0.15, 0.2) is 0 Å². The van der Waals surface area contributed by atoms with E-state index in [0.717, 1.165) is 65.2 Å². The molecule has 3 aromatic heterocycles. The SMILES string of the molecule is Cc1nc(SCC(=O)Nc2sc3c(c2C#N)CCCC3)c2c3c(sc2n1)CCC3. The van der Waals surface area contributed by atoms with Crippen LogP contribution in [0.3, 0.4) is 0 Å². The average molecular weight is 441 g/mol. The number of aromatic nitrogens is 2. The van der Waals surface area contributed by atoms with Crippen LogP contribution in [0.2, 0.25) is 0 Å². The average Bonchev–Trinajstić information content (AvgIpc) is 3.37. The Bertz CT molecular complexity index is 1170. The minimum atomic E-state index is -0.0820. The van der Waals surface area contributed by atoms with Crippen LogP contribution in [0.4, 0.5) is 5.00 Å². The van der Waals surface area contributed by atoms with Crippen LogP contribution in [0, 0.1) is 18.3 Å². The van der Waals surface area contributed by atoms with E-state index in [2.05, 4.69) is 21.4 Å². The summed E-state index contributed by atoms with van der Waals surface area (Å²) >= 11 is 4.82. The quantitative estimate of drug-likeness (QED) is 0.455. The molecule has 148 valence electrons. The van der Waals surface area contributed by atoms with Gasteiger partial charge in [0.25, 0.3) is 0 Å². The van der Waals surface area contributed by atoms with E-state index in [-0.39, 0.29) is 11.7 Å². The normalized spacial score (nSPS) is 15.2. The summed E-state index contributed by atoms with van der Waals surface area (Å²) in [5.74, 6) is 0.947. The molecule has 0 radical (unpaired) electrons. The third kappa shape index (κ3) is 3.45. The van der Waals surface area contributed by atoms with E-state index in [1.54, 1.807) is 22.7 Å². The van der Waals surface area contributed by atoms with Gasteiger partial charge in [-0.25, -0.2) is 9.97 Å². The van der Waals surface area contributed by atoms with Crippen LogP contribution in [0.25, 0.3) is 10.2 Å². The van der Waals surface area contributed by atoms with Gasteiger partial charge in [-0.3, -0.25) is 4.79 Å². The van der Waals surface area contributed by atoms with Crippen molar-refractivity contribution in [1.29, 1.82) is 5.26 Å². The Hall–Kier alpha value is -1.95. The standard InChI is InChI=1S/C21H20N4OS3/c1-11-23-20(18-13-6-4-8-16(13)29-21(18)24-11)27-10-17(26)25-19-14(9-22)12-5-2-3-7-15(12)28-19/h2-8,10H2,1H3,(H,25,26). The summed E-state index contributed by atoms with van der Waals surface area (Å²) in [7, 11) is 0. The number of carbonyl (C=O) groups excluding carboxylic acids is 1. The zero-order valence-electron chi connectivity index (χ0n) is 16.1. The third-order valence-electron chi connectivity index (χ3n) is 5.52. The van der Waals surface area contributed by atoms with Crippen molar-refractivity contribution < 1.29 is 4.79 Å². The molecule has 0 aliphatic heterocycles. The van der Waals surface area contributed by atoms with Crippen LogP contribution in [0.15, 0.2) is 5.03 Å². The van der Waals surface area contributed by atoms with Crippen LogP contribution in [-0.2, 0) is 30.5 Å². The van der Waals surface area contributed by atoms with E-state index in [1.807, 2.05) is 6.92 Å². The maximum absolute atomic E-state index is 12.7. The number of thioether (sulfide) groups is 1. The maximum atomic E-state index is 12.7. The highest BCUT2D eigenvalue weighted by Gasteiger charge is 2.24. The van der Waals surface area contributed by atoms with Gasteiger partial charge in [0.05, 0.1) is 11.3 Å². The van der Waals surface area contributed by atoms with Crippen molar-refractivity contribution >= 4 is 55.6 Å². The van der Waals surface area contributed by atoms with Crippen molar-refractivity contribution in [1.82, 2.24) is 9.97 Å². The molecule has 0 saturated heterocycles. The summed E-state index contributed by atoms with van der Waals surface area (Å²) in [5.41, 5.74) is 3.19. The first kappa shape index (κ1) is 19.0. The number of aryl methyl sites for hydroxylation is 4. The third-order valence-corrected chi connectivity index (χ3v) is 8.89. The molecule has 5 nitrogen and oxygen atoms in total. The van der Waals surface area contributed by atoms with Crippen LogP contribution < -0.4 is 5.32 Å². The number of amides is 1. The van der Waals surface area contributed by atoms with Crippen LogP contribution in [0.5, 0.6) is 0 Å². The van der Waals surface area contributed by atoms with E-state index in [4.69, 9.17) is 0 Å². The number of nitriles is 1. The molecule has 3 aromatic rings. The predicted octanol–water partition coefficient (Wildman–Crippen LogP) is 5.03. The van der Waals surface area contributed by atoms with Gasteiger partial charge < -0.3 is 5.32 Å². The van der Waals surface area contributed by atoms with Crippen molar-refractivity contribution in [2.45, 2.75) is 56.9 Å². The first-order valence-corrected chi connectivity index (χ1v) is 12.5. The van der Waals surface area contributed by atoms with Crippen molar-refractivity contribution in [3.05, 3.63) is 32.3 Å². The number of carbonyl (C=O) groups is 1. The predicted molar refractivity (Wildman–Crippen MR) is 119 cm³/mol. The van der Waals surface area contributed by atoms with E-state index in [9.17, 15) is 10.1 Å². The van der Waals surface area contributed by atoms with Crippen LogP contribution in [-0.4, -0.2) is 21.6 Å². The van der Waals surface area contributed by atoms with Gasteiger partial charge in [0.1, 0.15) is 26.8 Å². The fraction of sp³-hybridized carbons (Fsp3) is 0.429. The summed E-state index contributed by atoms with van der Waals surface area (Å²) in [4.78, 5) is 25.7. The van der Waals surface area contributed by atoms with Crippen molar-refractivity contribution in [3.63, 3.8) is 0 Å². The van der Waals surface area contributed by atoms with Crippen LogP contribution >= 0.6 is 34.4 Å². The summed E-state index contributed by atoms with van der Waals surface area (Å²) < 4.78 is 0. The zero-order chi connectivity index (χ0) is 20.0. The molecule has 0 spiro atoms. The van der Waals surface area contributed by atoms with Gasteiger partial charge in [-0.15, -0.1) is 22.7 Å². The number of rotatable bonds is 4. The zero-order valence-corrected chi connectivity index (χ0v) is 18.6. The lowest BCUT2D eigenvalue weighted by Crippen LogP contribution is -2.14. The van der Waals surface area contributed by atoms with Gasteiger partial charge in [-0.2, -0.15) is 5.26 Å². The number of fused-ring (bicyclic) bond motifs is 4. The minimum absolute atomic E-state index is 0.0820. The van der Waals surface area contributed by atoms with Gasteiger partial charge in [0.2, 0.25) is 5.91 Å². The van der Waals surface area contributed by atoms with E-state index < -0.39 is 0 Å². The van der Waals surface area contributed by atoms with E-state index >= 15 is 0 Å². The molecular formula is C21H20N4OS3. The molecule has 0 saturated carbocycles. The molecule has 0 aromatic carbocycles. The van der Waals surface area contributed by atoms with E-state index in [1.165, 1.54) is 33.5 Å². The Morgan fingerprint density at radius 1 is 1.10 bits per heavy atom. The molecule has 29 heavy (non-hydrogen) atoms. The highest BCUT2D eigenvalue weighted by molar-refractivity contribution is 8.00. The lowest BCUT2D eigenvalue weighted by Gasteiger charge is -2.09. The Morgan fingerprint density at radius 3 is 2.72 bits per heavy atom. The number of nitrogens with zero attached hydrogens (tertiary/aromatic N) is 3. The van der Waals surface area contributed by atoms with Crippen molar-refractivity contribution in [3.8, 4) is 6.07 Å². The van der Waals surface area contributed by atoms with Gasteiger partial charge in [-0.05, 0) is 63.0 Å². The molecule has 8 heteroatoms. The molecule has 3 heterocycles. The summed E-state index contributed by atoms with van der Waals surface area (Å²) in [6.07, 6.45) is 7.64. The van der Waals surface area contributed by atoms with Gasteiger partial charge in [-0.1, -0.05) is 11.8 Å². The molecule has 0 unspecified atom stereocenters. The Balaban J connectivity index is 1.36. The highest BCUT2D eigenvalue weighted by atomic mass is 32.2. The molecule has 1 amide bonds. The van der Waals surface area contributed by atoms with Crippen molar-refractivity contribution in [2.75, 3.05) is 11.1 Å². The minimum Gasteiger partial charge on any atom is -0.316 e. The van der Waals surface area contributed by atoms with Crippen LogP contribution in [0.1, 0.15) is 51.5 Å². The fourth-order valence-electron chi connectivity index (χ4n) is 4.24. The molecule has 2 aliphatic carbocycles. The lowest BCUT2D eigenvalue weighted by atomic mass is 9.96. The van der Waals surface area contributed by atoms with E-state index in [0.29, 0.717) is 10.6 Å². The Kier molecular flexibility index (Phi) is 5.06. The topological polar surface area (TPSA) is 78.7 Å². The largest absolute Gasteiger partial charge is 0.316 e. The maximum Gasteiger partial charge on any atom is 0.235 e. The van der Waals surface area contributed by atoms with Gasteiger partial charge >= 0.3 is 0 Å². The van der Waals surface area contributed by atoms with Crippen molar-refractivity contribution in [2.24, 2.45) is 0 Å². The second kappa shape index (κ2) is 7.71. The molecular weight excluding hydrogens is 420 g/mol. The number of hydrogen-bond acceptors (Lipinski definition) is 7. The summed E-state index contributed by atoms with van der Waals surface area (Å²) in [6.45, 7) is 1.91. The second-order valence-corrected chi connectivity index (χ2v) is 10.6. The molecule has 1 N–H and O–H groups in total. The molecule has 0 fully saturated rings. The highest BCUT2D eigenvalue weighted by Crippen LogP contribution is 2.41. The second-order valence-electron chi connectivity index (χ2n) is 7.48. The number of anilines is 1.